The van der Waals surface area contributed by atoms with Gasteiger partial charge in [0.15, 0.2) is 5.78 Å². The number of carboxylic acid groups (broad SMARTS) is 1. The molecule has 86 valence electrons. The fourth-order valence-corrected chi connectivity index (χ4v) is 1.11. The number of carbonyl (C=O) groups is 2. The fourth-order valence-electron chi connectivity index (χ4n) is 1.11. The van der Waals surface area contributed by atoms with Crippen LogP contribution >= 0.6 is 0 Å². The summed E-state index contributed by atoms with van der Waals surface area (Å²) in [4.78, 5) is 21.1. The Labute approximate surface area is 93.0 Å². The third-order valence-electron chi connectivity index (χ3n) is 1.91. The van der Waals surface area contributed by atoms with Gasteiger partial charge in [0.1, 0.15) is 12.4 Å². The number of benzene rings is 1. The lowest BCUT2D eigenvalue weighted by molar-refractivity contribution is 0.101. The molecule has 0 aliphatic heterocycles. The van der Waals surface area contributed by atoms with Gasteiger partial charge in [-0.25, -0.2) is 4.79 Å². The molecule has 0 radical (unpaired) electrons. The summed E-state index contributed by atoms with van der Waals surface area (Å²) in [7, 11) is 0. The molecule has 1 rings (SSSR count). The average molecular weight is 223 g/mol. The van der Waals surface area contributed by atoms with Crippen molar-refractivity contribution >= 4 is 11.9 Å². The molecule has 0 fully saturated rings. The predicted molar refractivity (Wildman–Crippen MR) is 58.0 cm³/mol. The molecule has 5 heteroatoms. The van der Waals surface area contributed by atoms with Gasteiger partial charge in [0.05, 0.1) is 6.54 Å². The van der Waals surface area contributed by atoms with Crippen LogP contribution in [0.25, 0.3) is 0 Å². The zero-order valence-electron chi connectivity index (χ0n) is 8.90. The molecule has 1 aromatic rings. The SMILES string of the molecule is CC(=O)c1ccc(OCCNC(=O)O)cc1. The lowest BCUT2D eigenvalue weighted by Crippen LogP contribution is -2.26. The lowest BCUT2D eigenvalue weighted by atomic mass is 10.1. The van der Waals surface area contributed by atoms with Gasteiger partial charge in [0.2, 0.25) is 0 Å². The first kappa shape index (κ1) is 12.0. The van der Waals surface area contributed by atoms with E-state index in [1.165, 1.54) is 6.92 Å². The second-order valence-corrected chi connectivity index (χ2v) is 3.16. The summed E-state index contributed by atoms with van der Waals surface area (Å²) in [5.74, 6) is 0.608. The van der Waals surface area contributed by atoms with Gasteiger partial charge in [0.25, 0.3) is 0 Å². The number of hydrogen-bond donors (Lipinski definition) is 2. The van der Waals surface area contributed by atoms with Gasteiger partial charge in [-0.05, 0) is 31.2 Å². The third-order valence-corrected chi connectivity index (χ3v) is 1.91. The second kappa shape index (κ2) is 5.75. The van der Waals surface area contributed by atoms with E-state index in [-0.39, 0.29) is 18.9 Å². The molecule has 16 heavy (non-hydrogen) atoms. The van der Waals surface area contributed by atoms with Crippen LogP contribution in [0.3, 0.4) is 0 Å². The Morgan fingerprint density at radius 2 is 1.94 bits per heavy atom. The van der Waals surface area contributed by atoms with Crippen molar-refractivity contribution in [2.75, 3.05) is 13.2 Å². The van der Waals surface area contributed by atoms with Gasteiger partial charge >= 0.3 is 6.09 Å². The molecular weight excluding hydrogens is 210 g/mol. The Bertz CT molecular complexity index is 372. The quantitative estimate of drug-likeness (QED) is 0.586. The van der Waals surface area contributed by atoms with E-state index in [9.17, 15) is 9.59 Å². The molecule has 5 nitrogen and oxygen atoms in total. The zero-order chi connectivity index (χ0) is 12.0. The highest BCUT2D eigenvalue weighted by Crippen LogP contribution is 2.12. The first-order chi connectivity index (χ1) is 7.59. The first-order valence-electron chi connectivity index (χ1n) is 4.80. The smallest absolute Gasteiger partial charge is 0.404 e. The molecular formula is C11H13NO4. The van der Waals surface area contributed by atoms with E-state index in [1.54, 1.807) is 24.3 Å². The Morgan fingerprint density at radius 1 is 1.31 bits per heavy atom. The Kier molecular flexibility index (Phi) is 4.32. The van der Waals surface area contributed by atoms with E-state index in [1.807, 2.05) is 0 Å². The highest BCUT2D eigenvalue weighted by molar-refractivity contribution is 5.94. The zero-order valence-corrected chi connectivity index (χ0v) is 8.90. The Balaban J connectivity index is 2.38. The molecule has 0 spiro atoms. The molecule has 0 heterocycles. The summed E-state index contributed by atoms with van der Waals surface area (Å²) in [5, 5.41) is 10.5. The first-order valence-corrected chi connectivity index (χ1v) is 4.80. The van der Waals surface area contributed by atoms with Crippen molar-refractivity contribution in [2.24, 2.45) is 0 Å². The molecule has 0 unspecified atom stereocenters. The maximum Gasteiger partial charge on any atom is 0.404 e. The number of rotatable bonds is 5. The van der Waals surface area contributed by atoms with Crippen LogP contribution in [-0.4, -0.2) is 30.1 Å². The summed E-state index contributed by atoms with van der Waals surface area (Å²) >= 11 is 0. The van der Waals surface area contributed by atoms with Crippen molar-refractivity contribution in [3.63, 3.8) is 0 Å². The molecule has 1 aromatic carbocycles. The number of nitrogens with one attached hydrogen (secondary N) is 1. The van der Waals surface area contributed by atoms with Crippen molar-refractivity contribution in [3.05, 3.63) is 29.8 Å². The van der Waals surface area contributed by atoms with Crippen LogP contribution in [0.2, 0.25) is 0 Å². The van der Waals surface area contributed by atoms with Crippen LogP contribution in [0, 0.1) is 0 Å². The molecule has 0 saturated heterocycles. The van der Waals surface area contributed by atoms with Gasteiger partial charge in [0, 0.05) is 5.56 Å². The number of ether oxygens (including phenoxy) is 1. The van der Waals surface area contributed by atoms with Gasteiger partial charge in [-0.15, -0.1) is 0 Å². The maximum absolute atomic E-state index is 11.0. The number of carbonyl (C=O) groups excluding carboxylic acids is 1. The number of hydrogen-bond acceptors (Lipinski definition) is 3. The van der Waals surface area contributed by atoms with Crippen molar-refractivity contribution in [3.8, 4) is 5.75 Å². The molecule has 0 aliphatic carbocycles. The summed E-state index contributed by atoms with van der Waals surface area (Å²) in [6.07, 6.45) is -1.07. The topological polar surface area (TPSA) is 75.6 Å². The Hall–Kier alpha value is -2.04. The molecule has 1 amide bonds. The maximum atomic E-state index is 11.0. The molecule has 0 atom stereocenters. The average Bonchev–Trinajstić information content (AvgIpc) is 2.25. The number of Topliss-reactive ketones (excluding diaryl/α,β-unsaturated/α-hetero) is 1. The van der Waals surface area contributed by atoms with Crippen molar-refractivity contribution < 1.29 is 19.4 Å². The van der Waals surface area contributed by atoms with Crippen LogP contribution in [0.5, 0.6) is 5.75 Å². The van der Waals surface area contributed by atoms with E-state index >= 15 is 0 Å². The monoisotopic (exact) mass is 223 g/mol. The summed E-state index contributed by atoms with van der Waals surface area (Å²) in [6, 6.07) is 6.69. The van der Waals surface area contributed by atoms with E-state index in [0.29, 0.717) is 11.3 Å². The largest absolute Gasteiger partial charge is 0.492 e. The molecule has 2 N–H and O–H groups in total. The molecule has 0 aromatic heterocycles. The summed E-state index contributed by atoms with van der Waals surface area (Å²) in [6.45, 7) is 1.97. The van der Waals surface area contributed by atoms with Gasteiger partial charge in [-0.3, -0.25) is 4.79 Å². The van der Waals surface area contributed by atoms with Crippen LogP contribution in [0.1, 0.15) is 17.3 Å². The van der Waals surface area contributed by atoms with Crippen molar-refractivity contribution in [1.29, 1.82) is 0 Å². The van der Waals surface area contributed by atoms with Gasteiger partial charge in [-0.2, -0.15) is 0 Å². The normalized spacial score (nSPS) is 9.56. The summed E-state index contributed by atoms with van der Waals surface area (Å²) in [5.41, 5.74) is 0.621. The minimum absolute atomic E-state index is 0.000839. The van der Waals surface area contributed by atoms with Gasteiger partial charge < -0.3 is 15.2 Å². The van der Waals surface area contributed by atoms with Crippen LogP contribution < -0.4 is 10.1 Å². The molecule has 0 aliphatic rings. The fraction of sp³-hybridized carbons (Fsp3) is 0.273. The van der Waals surface area contributed by atoms with Gasteiger partial charge in [-0.1, -0.05) is 0 Å². The number of amides is 1. The van der Waals surface area contributed by atoms with E-state index in [2.05, 4.69) is 5.32 Å². The highest BCUT2D eigenvalue weighted by Gasteiger charge is 1.99. The van der Waals surface area contributed by atoms with E-state index in [4.69, 9.17) is 9.84 Å². The third kappa shape index (κ3) is 4.00. The standard InChI is InChI=1S/C11H13NO4/c1-8(13)9-2-4-10(5-3-9)16-7-6-12-11(14)15/h2-5,12H,6-7H2,1H3,(H,14,15). The number of ketones is 1. The van der Waals surface area contributed by atoms with Crippen LogP contribution in [0.15, 0.2) is 24.3 Å². The minimum atomic E-state index is -1.07. The predicted octanol–water partition coefficient (Wildman–Crippen LogP) is 1.54. The lowest BCUT2D eigenvalue weighted by Gasteiger charge is -2.06. The summed E-state index contributed by atoms with van der Waals surface area (Å²) < 4.78 is 5.25. The molecule has 0 saturated carbocycles. The van der Waals surface area contributed by atoms with Crippen molar-refractivity contribution in [1.82, 2.24) is 5.32 Å². The highest BCUT2D eigenvalue weighted by atomic mass is 16.5. The van der Waals surface area contributed by atoms with Crippen LogP contribution in [-0.2, 0) is 0 Å². The van der Waals surface area contributed by atoms with E-state index in [0.717, 1.165) is 0 Å². The minimum Gasteiger partial charge on any atom is -0.492 e. The Morgan fingerprint density at radius 3 is 2.44 bits per heavy atom. The van der Waals surface area contributed by atoms with Crippen molar-refractivity contribution in [2.45, 2.75) is 6.92 Å². The second-order valence-electron chi connectivity index (χ2n) is 3.16. The molecule has 0 bridgehead atoms. The van der Waals surface area contributed by atoms with E-state index < -0.39 is 6.09 Å². The van der Waals surface area contributed by atoms with Crippen LogP contribution in [0.4, 0.5) is 4.79 Å².